The van der Waals surface area contributed by atoms with Crippen molar-refractivity contribution in [3.05, 3.63) is 41.2 Å². The van der Waals surface area contributed by atoms with E-state index in [4.69, 9.17) is 6.42 Å². The topological polar surface area (TPSA) is 12.9 Å². The van der Waals surface area contributed by atoms with Crippen molar-refractivity contribution in [2.45, 2.75) is 13.3 Å². The molecule has 2 rings (SSSR count). The zero-order chi connectivity index (χ0) is 11.7. The zero-order valence-corrected chi connectivity index (χ0v) is 8.72. The van der Waals surface area contributed by atoms with Crippen LogP contribution in [-0.2, 0) is 6.42 Å². The second-order valence-corrected chi connectivity index (χ2v) is 3.44. The first-order valence-electron chi connectivity index (χ1n) is 4.90. The minimum Gasteiger partial charge on any atom is -0.264 e. The molecule has 0 atom stereocenters. The SMILES string of the molecule is C#Cc1c(F)c(F)cc2cncc(CC)c12. The lowest BCUT2D eigenvalue weighted by atomic mass is 10.00. The summed E-state index contributed by atoms with van der Waals surface area (Å²) in [5.74, 6) is 0.314. The Balaban J connectivity index is 2.99. The molecule has 0 N–H and O–H groups in total. The van der Waals surface area contributed by atoms with Gasteiger partial charge in [0.1, 0.15) is 0 Å². The highest BCUT2D eigenvalue weighted by Crippen LogP contribution is 2.26. The summed E-state index contributed by atoms with van der Waals surface area (Å²) in [6.07, 6.45) is 9.01. The van der Waals surface area contributed by atoms with E-state index in [0.29, 0.717) is 17.2 Å². The number of hydrogen-bond acceptors (Lipinski definition) is 1. The van der Waals surface area contributed by atoms with Crippen molar-refractivity contribution >= 4 is 10.8 Å². The van der Waals surface area contributed by atoms with Crippen LogP contribution in [0, 0.1) is 24.0 Å². The summed E-state index contributed by atoms with van der Waals surface area (Å²) in [6.45, 7) is 1.91. The van der Waals surface area contributed by atoms with Crippen LogP contribution >= 0.6 is 0 Å². The molecule has 1 aromatic carbocycles. The molecule has 1 heterocycles. The number of terminal acetylenes is 1. The average molecular weight is 217 g/mol. The van der Waals surface area contributed by atoms with Gasteiger partial charge in [-0.05, 0) is 18.1 Å². The van der Waals surface area contributed by atoms with Crippen LogP contribution in [0.4, 0.5) is 8.78 Å². The van der Waals surface area contributed by atoms with E-state index < -0.39 is 11.6 Å². The Morgan fingerprint density at radius 1 is 1.38 bits per heavy atom. The third kappa shape index (κ3) is 1.43. The minimum atomic E-state index is -0.962. The third-order valence-corrected chi connectivity index (χ3v) is 2.54. The Hall–Kier alpha value is -1.95. The van der Waals surface area contributed by atoms with Crippen LogP contribution in [0.1, 0.15) is 18.1 Å². The van der Waals surface area contributed by atoms with Crippen LogP contribution in [0.25, 0.3) is 10.8 Å². The highest BCUT2D eigenvalue weighted by atomic mass is 19.2. The standard InChI is InChI=1S/C13H9F2N/c1-3-8-6-16-7-9-5-11(14)13(15)10(4-2)12(8)9/h2,5-7H,3H2,1H3. The highest BCUT2D eigenvalue weighted by molar-refractivity contribution is 5.90. The van der Waals surface area contributed by atoms with Crippen molar-refractivity contribution in [1.82, 2.24) is 4.98 Å². The Labute approximate surface area is 92.1 Å². The summed E-state index contributed by atoms with van der Waals surface area (Å²) in [5.41, 5.74) is 0.804. The van der Waals surface area contributed by atoms with Gasteiger partial charge in [-0.3, -0.25) is 4.98 Å². The van der Waals surface area contributed by atoms with Crippen LogP contribution < -0.4 is 0 Å². The maximum atomic E-state index is 13.5. The molecule has 1 nitrogen and oxygen atoms in total. The fourth-order valence-electron chi connectivity index (χ4n) is 1.77. The molecule has 0 saturated heterocycles. The fraction of sp³-hybridized carbons (Fsp3) is 0.154. The van der Waals surface area contributed by atoms with Crippen LogP contribution in [0.15, 0.2) is 18.5 Å². The molecular weight excluding hydrogens is 208 g/mol. The molecule has 0 aliphatic carbocycles. The van der Waals surface area contributed by atoms with Gasteiger partial charge in [0.05, 0.1) is 5.56 Å². The lowest BCUT2D eigenvalue weighted by Gasteiger charge is -2.07. The molecule has 0 saturated carbocycles. The monoisotopic (exact) mass is 217 g/mol. The largest absolute Gasteiger partial charge is 0.264 e. The Morgan fingerprint density at radius 2 is 2.12 bits per heavy atom. The van der Waals surface area contributed by atoms with Crippen LogP contribution in [0.2, 0.25) is 0 Å². The van der Waals surface area contributed by atoms with E-state index >= 15 is 0 Å². The molecular formula is C13H9F2N. The fourth-order valence-corrected chi connectivity index (χ4v) is 1.77. The predicted molar refractivity (Wildman–Crippen MR) is 59.0 cm³/mol. The van der Waals surface area contributed by atoms with Crippen molar-refractivity contribution in [3.63, 3.8) is 0 Å². The lowest BCUT2D eigenvalue weighted by molar-refractivity contribution is 0.509. The number of pyridine rings is 1. The molecule has 0 aliphatic heterocycles. The van der Waals surface area contributed by atoms with Crippen molar-refractivity contribution in [3.8, 4) is 12.3 Å². The van der Waals surface area contributed by atoms with Gasteiger partial charge in [-0.1, -0.05) is 12.8 Å². The van der Waals surface area contributed by atoms with Gasteiger partial charge in [0.15, 0.2) is 11.6 Å². The van der Waals surface area contributed by atoms with Gasteiger partial charge in [-0.2, -0.15) is 0 Å². The number of halogens is 2. The number of rotatable bonds is 1. The van der Waals surface area contributed by atoms with E-state index in [2.05, 4.69) is 10.9 Å². The van der Waals surface area contributed by atoms with Gasteiger partial charge in [0.2, 0.25) is 0 Å². The maximum absolute atomic E-state index is 13.5. The number of nitrogens with zero attached hydrogens (tertiary/aromatic N) is 1. The van der Waals surface area contributed by atoms with E-state index in [9.17, 15) is 8.78 Å². The summed E-state index contributed by atoms with van der Waals surface area (Å²) in [4.78, 5) is 3.97. The second-order valence-electron chi connectivity index (χ2n) is 3.44. The van der Waals surface area contributed by atoms with E-state index in [0.717, 1.165) is 11.6 Å². The number of benzene rings is 1. The molecule has 3 heteroatoms. The van der Waals surface area contributed by atoms with Crippen LogP contribution in [0.5, 0.6) is 0 Å². The van der Waals surface area contributed by atoms with E-state index in [1.165, 1.54) is 6.20 Å². The van der Waals surface area contributed by atoms with Crippen LogP contribution in [-0.4, -0.2) is 4.98 Å². The second kappa shape index (κ2) is 3.90. The molecule has 0 unspecified atom stereocenters. The third-order valence-electron chi connectivity index (χ3n) is 2.54. The van der Waals surface area contributed by atoms with Gasteiger partial charge >= 0.3 is 0 Å². The molecule has 16 heavy (non-hydrogen) atoms. The Bertz CT molecular complexity index is 597. The molecule has 0 aliphatic rings. The van der Waals surface area contributed by atoms with Gasteiger partial charge in [-0.25, -0.2) is 8.78 Å². The maximum Gasteiger partial charge on any atom is 0.175 e. The zero-order valence-electron chi connectivity index (χ0n) is 8.72. The first kappa shape index (κ1) is 10.6. The van der Waals surface area contributed by atoms with Gasteiger partial charge in [-0.15, -0.1) is 6.42 Å². The molecule has 0 amide bonds. The molecule has 0 spiro atoms. The first-order chi connectivity index (χ1) is 7.69. The summed E-state index contributed by atoms with van der Waals surface area (Å²) < 4.78 is 26.7. The quantitative estimate of drug-likeness (QED) is 0.669. The molecule has 2 aromatic rings. The van der Waals surface area contributed by atoms with E-state index in [-0.39, 0.29) is 5.56 Å². The van der Waals surface area contributed by atoms with Crippen molar-refractivity contribution < 1.29 is 8.78 Å². The molecule has 0 bridgehead atoms. The number of aryl methyl sites for hydroxylation is 1. The molecule has 1 aromatic heterocycles. The summed E-state index contributed by atoms with van der Waals surface area (Å²) in [7, 11) is 0. The van der Waals surface area contributed by atoms with Crippen molar-refractivity contribution in [2.24, 2.45) is 0 Å². The molecule has 80 valence electrons. The van der Waals surface area contributed by atoms with E-state index in [1.807, 2.05) is 6.92 Å². The normalized spacial score (nSPS) is 10.4. The Kier molecular flexibility index (Phi) is 2.57. The smallest absolute Gasteiger partial charge is 0.175 e. The van der Waals surface area contributed by atoms with Crippen molar-refractivity contribution in [2.75, 3.05) is 0 Å². The molecule has 0 radical (unpaired) electrons. The number of hydrogen-bond donors (Lipinski definition) is 0. The van der Waals surface area contributed by atoms with Crippen LogP contribution in [0.3, 0.4) is 0 Å². The lowest BCUT2D eigenvalue weighted by Crippen LogP contribution is -1.96. The highest BCUT2D eigenvalue weighted by Gasteiger charge is 2.14. The van der Waals surface area contributed by atoms with Gasteiger partial charge < -0.3 is 0 Å². The van der Waals surface area contributed by atoms with Crippen molar-refractivity contribution in [1.29, 1.82) is 0 Å². The average Bonchev–Trinajstić information content (AvgIpc) is 2.30. The van der Waals surface area contributed by atoms with Gasteiger partial charge in [0, 0.05) is 23.2 Å². The number of aromatic nitrogens is 1. The number of fused-ring (bicyclic) bond motifs is 1. The first-order valence-corrected chi connectivity index (χ1v) is 4.90. The molecule has 0 fully saturated rings. The predicted octanol–water partition coefficient (Wildman–Crippen LogP) is 3.06. The Morgan fingerprint density at radius 3 is 2.75 bits per heavy atom. The van der Waals surface area contributed by atoms with Gasteiger partial charge in [0.25, 0.3) is 0 Å². The minimum absolute atomic E-state index is 0.0192. The van der Waals surface area contributed by atoms with E-state index in [1.54, 1.807) is 6.20 Å². The summed E-state index contributed by atoms with van der Waals surface area (Å²) in [6, 6.07) is 1.12. The summed E-state index contributed by atoms with van der Waals surface area (Å²) in [5, 5.41) is 1.12. The summed E-state index contributed by atoms with van der Waals surface area (Å²) >= 11 is 0.